The number of benzene rings is 2. The van der Waals surface area contributed by atoms with Crippen LogP contribution in [0.25, 0.3) is 0 Å². The van der Waals surface area contributed by atoms with Crippen molar-refractivity contribution >= 4 is 34.2 Å². The van der Waals surface area contributed by atoms with E-state index in [4.69, 9.17) is 28.4 Å². The summed E-state index contributed by atoms with van der Waals surface area (Å²) in [5, 5.41) is 3.01. The van der Waals surface area contributed by atoms with E-state index in [0.717, 1.165) is 16.0 Å². The van der Waals surface area contributed by atoms with Gasteiger partial charge < -0.3 is 33.7 Å². The fraction of sp³-hybridized carbons (Fsp3) is 0.321. The van der Waals surface area contributed by atoms with Crippen LogP contribution >= 0.6 is 11.3 Å². The van der Waals surface area contributed by atoms with Gasteiger partial charge in [0.05, 0.1) is 31.5 Å². The van der Waals surface area contributed by atoms with Gasteiger partial charge in [-0.05, 0) is 68.7 Å². The lowest BCUT2D eigenvalue weighted by Crippen LogP contribution is -2.21. The Morgan fingerprint density at radius 2 is 1.69 bits per heavy atom. The standard InChI is InChI=1S/C28H29NO9S/c1-5-34-20-10-8-18(13-23(20)35-6-2)27(31)36-14-24(30)29-26-25(28(32)33-4)19(16(3)39-26)11-17-7-9-21-22(12-17)38-15-37-21/h7-10,12-13H,5-6,11,14-15H2,1-4H3,(H,29,30). The molecule has 0 radical (unpaired) electrons. The van der Waals surface area contributed by atoms with Gasteiger partial charge in [0.2, 0.25) is 6.79 Å². The molecule has 1 amide bonds. The van der Waals surface area contributed by atoms with Crippen LogP contribution in [0.5, 0.6) is 23.0 Å². The van der Waals surface area contributed by atoms with Crippen LogP contribution in [-0.2, 0) is 20.7 Å². The molecule has 2 heterocycles. The molecule has 0 saturated heterocycles. The molecule has 3 aromatic rings. The smallest absolute Gasteiger partial charge is 0.341 e. The molecular formula is C28H29NO9S. The molecule has 0 fully saturated rings. The summed E-state index contributed by atoms with van der Waals surface area (Å²) in [6, 6.07) is 10.2. The first kappa shape index (κ1) is 27.8. The quantitative estimate of drug-likeness (QED) is 0.334. The van der Waals surface area contributed by atoms with E-state index >= 15 is 0 Å². The highest BCUT2D eigenvalue weighted by molar-refractivity contribution is 7.16. The summed E-state index contributed by atoms with van der Waals surface area (Å²) in [4.78, 5) is 38.9. The van der Waals surface area contributed by atoms with Crippen molar-refractivity contribution in [1.82, 2.24) is 0 Å². The lowest BCUT2D eigenvalue weighted by molar-refractivity contribution is -0.119. The Hall–Kier alpha value is -4.25. The maximum Gasteiger partial charge on any atom is 0.341 e. The molecule has 206 valence electrons. The number of hydrogen-bond acceptors (Lipinski definition) is 10. The SMILES string of the molecule is CCOc1ccc(C(=O)OCC(=O)Nc2sc(C)c(Cc3ccc4c(c3)OCO4)c2C(=O)OC)cc1OCC. The molecule has 0 spiro atoms. The van der Waals surface area contributed by atoms with Crippen molar-refractivity contribution in [3.63, 3.8) is 0 Å². The van der Waals surface area contributed by atoms with Crippen molar-refractivity contribution in [3.8, 4) is 23.0 Å². The predicted molar refractivity (Wildman–Crippen MR) is 143 cm³/mol. The number of carbonyl (C=O) groups is 3. The summed E-state index contributed by atoms with van der Waals surface area (Å²) in [7, 11) is 1.28. The van der Waals surface area contributed by atoms with Crippen molar-refractivity contribution in [1.29, 1.82) is 0 Å². The number of anilines is 1. The molecule has 4 rings (SSSR count). The summed E-state index contributed by atoms with van der Waals surface area (Å²) >= 11 is 1.24. The second-order valence-electron chi connectivity index (χ2n) is 8.35. The zero-order valence-corrected chi connectivity index (χ0v) is 22.9. The second-order valence-corrected chi connectivity index (χ2v) is 9.57. The summed E-state index contributed by atoms with van der Waals surface area (Å²) in [5.41, 5.74) is 2.09. The van der Waals surface area contributed by atoms with Crippen LogP contribution in [0.2, 0.25) is 0 Å². The third-order valence-electron chi connectivity index (χ3n) is 5.78. The number of esters is 2. The molecule has 0 saturated carbocycles. The molecule has 1 aliphatic rings. The minimum Gasteiger partial charge on any atom is -0.490 e. The first-order chi connectivity index (χ1) is 18.8. The summed E-state index contributed by atoms with van der Waals surface area (Å²) in [5.74, 6) is 0.333. The van der Waals surface area contributed by atoms with Crippen LogP contribution in [-0.4, -0.2) is 51.6 Å². The van der Waals surface area contributed by atoms with Crippen LogP contribution in [0.3, 0.4) is 0 Å². The molecule has 1 aliphatic heterocycles. The van der Waals surface area contributed by atoms with Gasteiger partial charge in [0, 0.05) is 4.88 Å². The van der Waals surface area contributed by atoms with Crippen LogP contribution in [0.1, 0.15) is 50.6 Å². The lowest BCUT2D eigenvalue weighted by atomic mass is 10.0. The van der Waals surface area contributed by atoms with Gasteiger partial charge in [-0.3, -0.25) is 4.79 Å². The molecule has 39 heavy (non-hydrogen) atoms. The number of hydrogen-bond donors (Lipinski definition) is 1. The highest BCUT2D eigenvalue weighted by Gasteiger charge is 2.25. The number of fused-ring (bicyclic) bond motifs is 1. The summed E-state index contributed by atoms with van der Waals surface area (Å²) < 4.78 is 32.1. The van der Waals surface area contributed by atoms with E-state index in [1.165, 1.54) is 30.6 Å². The van der Waals surface area contributed by atoms with Crippen LogP contribution in [0, 0.1) is 6.92 Å². The topological polar surface area (TPSA) is 119 Å². The van der Waals surface area contributed by atoms with Crippen molar-refractivity contribution in [3.05, 3.63) is 63.5 Å². The molecule has 2 aromatic carbocycles. The van der Waals surface area contributed by atoms with Crippen molar-refractivity contribution in [2.45, 2.75) is 27.2 Å². The van der Waals surface area contributed by atoms with Gasteiger partial charge in [-0.2, -0.15) is 0 Å². The Bertz CT molecular complexity index is 1380. The van der Waals surface area contributed by atoms with Gasteiger partial charge in [-0.15, -0.1) is 11.3 Å². The largest absolute Gasteiger partial charge is 0.490 e. The van der Waals surface area contributed by atoms with Gasteiger partial charge in [0.25, 0.3) is 5.91 Å². The molecule has 1 N–H and O–H groups in total. The number of methoxy groups -OCH3 is 1. The Balaban J connectivity index is 1.46. The first-order valence-electron chi connectivity index (χ1n) is 12.3. The second kappa shape index (κ2) is 12.5. The summed E-state index contributed by atoms with van der Waals surface area (Å²) in [6.45, 7) is 5.97. The van der Waals surface area contributed by atoms with Gasteiger partial charge in [-0.1, -0.05) is 6.07 Å². The Labute approximate surface area is 229 Å². The number of aryl methyl sites for hydroxylation is 1. The van der Waals surface area contributed by atoms with E-state index in [9.17, 15) is 14.4 Å². The van der Waals surface area contributed by atoms with E-state index in [1.807, 2.05) is 39.0 Å². The predicted octanol–water partition coefficient (Wildman–Crippen LogP) is 4.76. The zero-order valence-electron chi connectivity index (χ0n) is 22.1. The third kappa shape index (κ3) is 6.43. The molecular weight excluding hydrogens is 526 g/mol. The minimum atomic E-state index is -0.701. The van der Waals surface area contributed by atoms with E-state index in [0.29, 0.717) is 47.6 Å². The van der Waals surface area contributed by atoms with E-state index in [2.05, 4.69) is 5.32 Å². The van der Waals surface area contributed by atoms with Gasteiger partial charge in [0.15, 0.2) is 29.6 Å². The average molecular weight is 556 g/mol. The zero-order chi connectivity index (χ0) is 27.9. The number of carbonyl (C=O) groups excluding carboxylic acids is 3. The fourth-order valence-electron chi connectivity index (χ4n) is 4.01. The molecule has 11 heteroatoms. The van der Waals surface area contributed by atoms with E-state index < -0.39 is 24.5 Å². The summed E-state index contributed by atoms with van der Waals surface area (Å²) in [6.07, 6.45) is 0.411. The van der Waals surface area contributed by atoms with Crippen LogP contribution < -0.4 is 24.3 Å². The normalized spacial score (nSPS) is 11.6. The van der Waals surface area contributed by atoms with Crippen LogP contribution in [0.4, 0.5) is 5.00 Å². The van der Waals surface area contributed by atoms with Crippen molar-refractivity contribution in [2.75, 3.05) is 39.0 Å². The third-order valence-corrected chi connectivity index (χ3v) is 6.85. The number of thiophene rings is 1. The number of ether oxygens (including phenoxy) is 6. The number of nitrogens with one attached hydrogen (secondary N) is 1. The Kier molecular flexibility index (Phi) is 8.92. The van der Waals surface area contributed by atoms with Gasteiger partial charge >= 0.3 is 11.9 Å². The molecule has 0 atom stereocenters. The molecule has 0 bridgehead atoms. The molecule has 10 nitrogen and oxygen atoms in total. The van der Waals surface area contributed by atoms with Gasteiger partial charge in [-0.25, -0.2) is 9.59 Å². The van der Waals surface area contributed by atoms with Crippen molar-refractivity contribution < 1.29 is 42.8 Å². The fourth-order valence-corrected chi connectivity index (χ4v) is 5.08. The number of rotatable bonds is 11. The van der Waals surface area contributed by atoms with Crippen molar-refractivity contribution in [2.24, 2.45) is 0 Å². The highest BCUT2D eigenvalue weighted by atomic mass is 32.1. The maximum absolute atomic E-state index is 12.7. The first-order valence-corrected chi connectivity index (χ1v) is 13.1. The van der Waals surface area contributed by atoms with E-state index in [1.54, 1.807) is 6.07 Å². The Morgan fingerprint density at radius 3 is 2.44 bits per heavy atom. The molecule has 0 unspecified atom stereocenters. The van der Waals surface area contributed by atoms with Crippen LogP contribution in [0.15, 0.2) is 36.4 Å². The highest BCUT2D eigenvalue weighted by Crippen LogP contribution is 2.38. The number of amides is 1. The average Bonchev–Trinajstić information content (AvgIpc) is 3.51. The van der Waals surface area contributed by atoms with E-state index in [-0.39, 0.29) is 17.9 Å². The molecule has 0 aliphatic carbocycles. The lowest BCUT2D eigenvalue weighted by Gasteiger charge is -2.12. The monoisotopic (exact) mass is 555 g/mol. The Morgan fingerprint density at radius 1 is 0.949 bits per heavy atom. The maximum atomic E-state index is 12.7. The minimum absolute atomic E-state index is 0.163. The molecule has 1 aromatic heterocycles. The van der Waals surface area contributed by atoms with Gasteiger partial charge in [0.1, 0.15) is 5.00 Å².